The number of carbonyl (C=O) groups is 1. The summed E-state index contributed by atoms with van der Waals surface area (Å²) in [4.78, 5) is 11.9. The van der Waals surface area contributed by atoms with Crippen molar-refractivity contribution in [3.05, 3.63) is 29.6 Å². The third kappa shape index (κ3) is 1.05. The topological polar surface area (TPSA) is 38.3 Å². The molecule has 1 saturated heterocycles. The molecule has 0 bridgehead atoms. The van der Waals surface area contributed by atoms with Crippen LogP contribution in [0.1, 0.15) is 12.0 Å². The fraction of sp³-hybridized carbons (Fsp3) is 0.364. The Morgan fingerprint density at radius 1 is 1.47 bits per heavy atom. The zero-order valence-corrected chi connectivity index (χ0v) is 8.05. The second-order valence-corrected chi connectivity index (χ2v) is 4.03. The lowest BCUT2D eigenvalue weighted by atomic mass is 9.81. The number of halogens is 1. The Labute approximate surface area is 86.2 Å². The molecular weight excluding hydrogens is 197 g/mol. The Bertz CT molecular complexity index is 438. The largest absolute Gasteiger partial charge is 0.380 e. The van der Waals surface area contributed by atoms with E-state index in [9.17, 15) is 9.18 Å². The van der Waals surface area contributed by atoms with E-state index in [0.29, 0.717) is 25.3 Å². The molecule has 3 rings (SSSR count). The second-order valence-electron chi connectivity index (χ2n) is 4.03. The highest BCUT2D eigenvalue weighted by atomic mass is 19.1. The van der Waals surface area contributed by atoms with Crippen molar-refractivity contribution in [1.29, 1.82) is 0 Å². The lowest BCUT2D eigenvalue weighted by Crippen LogP contribution is -2.34. The molecule has 1 N–H and O–H groups in total. The summed E-state index contributed by atoms with van der Waals surface area (Å²) in [5.41, 5.74) is 0.814. The molecule has 1 atom stereocenters. The number of fused-ring (bicyclic) bond motifs is 2. The lowest BCUT2D eigenvalue weighted by molar-refractivity contribution is -0.120. The number of nitrogens with one attached hydrogen (secondary N) is 1. The normalized spacial score (nSPS) is 28.2. The maximum atomic E-state index is 13.1. The van der Waals surface area contributed by atoms with Crippen molar-refractivity contribution in [1.82, 2.24) is 0 Å². The number of ether oxygens (including phenoxy) is 1. The molecule has 78 valence electrons. The molecule has 0 radical (unpaired) electrons. The molecular formula is C11H10FNO2. The van der Waals surface area contributed by atoms with Crippen LogP contribution in [0, 0.1) is 5.82 Å². The summed E-state index contributed by atoms with van der Waals surface area (Å²) in [5.74, 6) is -0.378. The van der Waals surface area contributed by atoms with Gasteiger partial charge in [0.1, 0.15) is 11.2 Å². The molecule has 3 nitrogen and oxygen atoms in total. The Hall–Kier alpha value is -1.42. The monoisotopic (exact) mass is 207 g/mol. The second kappa shape index (κ2) is 2.79. The smallest absolute Gasteiger partial charge is 0.237 e. The zero-order chi connectivity index (χ0) is 10.5. The summed E-state index contributed by atoms with van der Waals surface area (Å²) >= 11 is 0. The van der Waals surface area contributed by atoms with E-state index in [0.717, 1.165) is 5.56 Å². The highest BCUT2D eigenvalue weighted by molar-refractivity contribution is 6.06. The molecule has 0 aromatic heterocycles. The predicted molar refractivity (Wildman–Crippen MR) is 52.1 cm³/mol. The molecule has 1 spiro atoms. The highest BCUT2D eigenvalue weighted by Gasteiger charge is 2.49. The number of carbonyl (C=O) groups excluding carboxylic acids is 1. The van der Waals surface area contributed by atoms with Crippen LogP contribution in [0.4, 0.5) is 10.1 Å². The number of amides is 1. The van der Waals surface area contributed by atoms with Crippen molar-refractivity contribution in [2.45, 2.75) is 11.8 Å². The van der Waals surface area contributed by atoms with Gasteiger partial charge in [-0.15, -0.1) is 0 Å². The molecule has 0 unspecified atom stereocenters. The Morgan fingerprint density at radius 2 is 2.33 bits per heavy atom. The van der Waals surface area contributed by atoms with Gasteiger partial charge in [0, 0.05) is 12.3 Å². The quantitative estimate of drug-likeness (QED) is 0.699. The molecule has 1 aromatic carbocycles. The first-order valence-electron chi connectivity index (χ1n) is 4.92. The molecule has 0 saturated carbocycles. The van der Waals surface area contributed by atoms with Crippen LogP contribution in [0.3, 0.4) is 0 Å². The van der Waals surface area contributed by atoms with Gasteiger partial charge >= 0.3 is 0 Å². The average molecular weight is 207 g/mol. The van der Waals surface area contributed by atoms with Crippen molar-refractivity contribution in [3.63, 3.8) is 0 Å². The van der Waals surface area contributed by atoms with Crippen LogP contribution >= 0.6 is 0 Å². The standard InChI is InChI=1S/C11H10FNO2/c12-7-1-2-9-8(5-7)11(10(14)13-9)3-4-15-6-11/h1-2,5H,3-4,6H2,(H,13,14)/t11-/m0/s1. The van der Waals surface area contributed by atoms with E-state index < -0.39 is 5.41 Å². The van der Waals surface area contributed by atoms with Crippen molar-refractivity contribution >= 4 is 11.6 Å². The molecule has 2 aliphatic heterocycles. The SMILES string of the molecule is O=C1Nc2ccc(F)cc2[C@@]12CCOC2. The minimum atomic E-state index is -0.641. The van der Waals surface area contributed by atoms with Crippen LogP contribution in [0.2, 0.25) is 0 Å². The number of hydrogen-bond donors (Lipinski definition) is 1. The highest BCUT2D eigenvalue weighted by Crippen LogP contribution is 2.43. The third-order valence-corrected chi connectivity index (χ3v) is 3.20. The van der Waals surface area contributed by atoms with Crippen LogP contribution in [0.15, 0.2) is 18.2 Å². The van der Waals surface area contributed by atoms with Gasteiger partial charge in [-0.2, -0.15) is 0 Å². The molecule has 0 aliphatic carbocycles. The number of rotatable bonds is 0. The molecule has 1 fully saturated rings. The Morgan fingerprint density at radius 3 is 3.07 bits per heavy atom. The van der Waals surface area contributed by atoms with Gasteiger partial charge in [-0.1, -0.05) is 0 Å². The Balaban J connectivity index is 2.19. The van der Waals surface area contributed by atoms with Crippen molar-refractivity contribution in [2.75, 3.05) is 18.5 Å². The van der Waals surface area contributed by atoms with E-state index in [1.807, 2.05) is 0 Å². The van der Waals surface area contributed by atoms with Crippen LogP contribution in [0.5, 0.6) is 0 Å². The first-order valence-corrected chi connectivity index (χ1v) is 4.92. The lowest BCUT2D eigenvalue weighted by Gasteiger charge is -2.18. The molecule has 1 aromatic rings. The van der Waals surface area contributed by atoms with Crippen molar-refractivity contribution in [3.8, 4) is 0 Å². The van der Waals surface area contributed by atoms with Crippen molar-refractivity contribution in [2.24, 2.45) is 0 Å². The molecule has 2 heterocycles. The van der Waals surface area contributed by atoms with Crippen LogP contribution in [0.25, 0.3) is 0 Å². The van der Waals surface area contributed by atoms with Gasteiger partial charge in [0.15, 0.2) is 0 Å². The van der Waals surface area contributed by atoms with Crippen LogP contribution < -0.4 is 5.32 Å². The average Bonchev–Trinajstić information content (AvgIpc) is 2.78. The van der Waals surface area contributed by atoms with E-state index in [1.165, 1.54) is 12.1 Å². The maximum absolute atomic E-state index is 13.1. The molecule has 15 heavy (non-hydrogen) atoms. The van der Waals surface area contributed by atoms with Gasteiger partial charge in [0.05, 0.1) is 6.61 Å². The van der Waals surface area contributed by atoms with Gasteiger partial charge in [0.2, 0.25) is 5.91 Å². The van der Waals surface area contributed by atoms with Gasteiger partial charge in [0.25, 0.3) is 0 Å². The van der Waals surface area contributed by atoms with Gasteiger partial charge in [-0.05, 0) is 30.2 Å². The summed E-state index contributed by atoms with van der Waals surface area (Å²) < 4.78 is 18.4. The van der Waals surface area contributed by atoms with E-state index in [2.05, 4.69) is 5.32 Å². The van der Waals surface area contributed by atoms with E-state index >= 15 is 0 Å². The summed E-state index contributed by atoms with van der Waals surface area (Å²) in [5, 5.41) is 2.77. The zero-order valence-electron chi connectivity index (χ0n) is 8.05. The number of anilines is 1. The summed E-state index contributed by atoms with van der Waals surface area (Å²) in [6.07, 6.45) is 0.634. The van der Waals surface area contributed by atoms with E-state index in [-0.39, 0.29) is 11.7 Å². The Kier molecular flexibility index (Phi) is 1.65. The molecule has 4 heteroatoms. The van der Waals surface area contributed by atoms with Gasteiger partial charge in [-0.3, -0.25) is 4.79 Å². The first-order chi connectivity index (χ1) is 7.22. The maximum Gasteiger partial charge on any atom is 0.237 e. The minimum absolute atomic E-state index is 0.0689. The predicted octanol–water partition coefficient (Wildman–Crippen LogP) is 1.44. The van der Waals surface area contributed by atoms with E-state index in [4.69, 9.17) is 4.74 Å². The van der Waals surface area contributed by atoms with Crippen LogP contribution in [-0.4, -0.2) is 19.1 Å². The summed E-state index contributed by atoms with van der Waals surface area (Å²) in [7, 11) is 0. The molecule has 1 amide bonds. The number of benzene rings is 1. The molecule has 2 aliphatic rings. The summed E-state index contributed by atoms with van der Waals surface area (Å²) in [6.45, 7) is 0.915. The van der Waals surface area contributed by atoms with Gasteiger partial charge < -0.3 is 10.1 Å². The fourth-order valence-corrected chi connectivity index (χ4v) is 2.34. The summed E-state index contributed by atoms with van der Waals surface area (Å²) in [6, 6.07) is 4.39. The van der Waals surface area contributed by atoms with Crippen molar-refractivity contribution < 1.29 is 13.9 Å². The minimum Gasteiger partial charge on any atom is -0.380 e. The van der Waals surface area contributed by atoms with Crippen LogP contribution in [-0.2, 0) is 14.9 Å². The van der Waals surface area contributed by atoms with E-state index in [1.54, 1.807) is 6.07 Å². The first kappa shape index (κ1) is 8.85. The van der Waals surface area contributed by atoms with Gasteiger partial charge in [-0.25, -0.2) is 4.39 Å². The number of hydrogen-bond acceptors (Lipinski definition) is 2. The third-order valence-electron chi connectivity index (χ3n) is 3.20. The fourth-order valence-electron chi connectivity index (χ4n) is 2.34.